The number of carbonyl (C=O) groups is 1. The van der Waals surface area contributed by atoms with Gasteiger partial charge < -0.3 is 14.9 Å². The molecule has 160 valence electrons. The van der Waals surface area contributed by atoms with Gasteiger partial charge in [-0.1, -0.05) is 55.5 Å². The minimum atomic E-state index is -1.90. The average Bonchev–Trinajstić information content (AvgIpc) is 2.69. The Morgan fingerprint density at radius 2 is 1.77 bits per heavy atom. The number of aliphatic hydroxyl groups is 1. The van der Waals surface area contributed by atoms with Crippen LogP contribution >= 0.6 is 0 Å². The molecule has 0 bridgehead atoms. The first-order chi connectivity index (χ1) is 14.5. The van der Waals surface area contributed by atoms with Crippen LogP contribution in [-0.2, 0) is 4.79 Å². The van der Waals surface area contributed by atoms with Crippen LogP contribution in [0.1, 0.15) is 44.0 Å². The van der Waals surface area contributed by atoms with E-state index in [4.69, 9.17) is 4.52 Å². The second-order valence-corrected chi connectivity index (χ2v) is 8.98. The molecule has 0 aliphatic rings. The molecule has 31 heavy (non-hydrogen) atoms. The predicted molar refractivity (Wildman–Crippen MR) is 121 cm³/mol. The number of nitrogens with zero attached hydrogens (tertiary/aromatic N) is 1. The van der Waals surface area contributed by atoms with Crippen molar-refractivity contribution in [2.24, 2.45) is 5.41 Å². The summed E-state index contributed by atoms with van der Waals surface area (Å²) in [7, 11) is 0. The van der Waals surface area contributed by atoms with Crippen molar-refractivity contribution < 1.29 is 14.4 Å². The molecule has 3 rings (SSSR count). The molecule has 1 unspecified atom stereocenters. The van der Waals surface area contributed by atoms with Gasteiger partial charge in [0.2, 0.25) is 5.60 Å². The Balaban J connectivity index is 1.95. The number of hydrogen-bond acceptors (Lipinski definition) is 5. The van der Waals surface area contributed by atoms with Crippen molar-refractivity contribution in [3.63, 3.8) is 0 Å². The lowest BCUT2D eigenvalue weighted by Gasteiger charge is -2.29. The van der Waals surface area contributed by atoms with Crippen LogP contribution in [0.2, 0.25) is 0 Å². The summed E-state index contributed by atoms with van der Waals surface area (Å²) in [6.07, 6.45) is 0.141. The second-order valence-electron chi connectivity index (χ2n) is 8.98. The van der Waals surface area contributed by atoms with Gasteiger partial charge in [0.1, 0.15) is 0 Å². The maximum Gasteiger partial charge on any atom is 0.366 e. The van der Waals surface area contributed by atoms with Crippen LogP contribution in [0.15, 0.2) is 51.8 Å². The summed E-state index contributed by atoms with van der Waals surface area (Å²) >= 11 is 0. The Hall–Kier alpha value is -3.43. The first kappa shape index (κ1) is 22.3. The molecule has 0 aliphatic heterocycles. The number of nitrogens with one attached hydrogen (secondary N) is 1. The van der Waals surface area contributed by atoms with Crippen LogP contribution in [0.4, 0.5) is 5.69 Å². The van der Waals surface area contributed by atoms with Gasteiger partial charge in [0.05, 0.1) is 11.1 Å². The van der Waals surface area contributed by atoms with Crippen LogP contribution in [0, 0.1) is 31.1 Å². The molecule has 1 amide bonds. The monoisotopic (exact) mass is 418 g/mol. The van der Waals surface area contributed by atoms with Gasteiger partial charge in [0, 0.05) is 23.1 Å². The van der Waals surface area contributed by atoms with E-state index < -0.39 is 17.1 Å². The molecule has 2 aromatic carbocycles. The van der Waals surface area contributed by atoms with Crippen molar-refractivity contribution in [1.29, 1.82) is 0 Å². The summed E-state index contributed by atoms with van der Waals surface area (Å²) in [4.78, 5) is 25.0. The van der Waals surface area contributed by atoms with E-state index >= 15 is 0 Å². The molecule has 0 fully saturated rings. The number of rotatable bonds is 3. The van der Waals surface area contributed by atoms with Crippen molar-refractivity contribution in [3.8, 4) is 11.8 Å². The van der Waals surface area contributed by atoms with E-state index in [0.29, 0.717) is 27.7 Å². The highest BCUT2D eigenvalue weighted by molar-refractivity contribution is 6.01. The molecule has 1 atom stereocenters. The fraction of sp³-hybridized carbons (Fsp3) is 0.320. The van der Waals surface area contributed by atoms with Crippen LogP contribution in [0.25, 0.3) is 10.8 Å². The zero-order valence-electron chi connectivity index (χ0n) is 18.4. The summed E-state index contributed by atoms with van der Waals surface area (Å²) < 4.78 is 4.73. The Kier molecular flexibility index (Phi) is 6.01. The average molecular weight is 418 g/mol. The van der Waals surface area contributed by atoms with Crippen molar-refractivity contribution >= 4 is 22.4 Å². The number of anilines is 1. The number of benzene rings is 2. The molecule has 6 heteroatoms. The highest BCUT2D eigenvalue weighted by Gasteiger charge is 2.38. The van der Waals surface area contributed by atoms with Crippen LogP contribution in [-0.4, -0.2) is 21.8 Å². The van der Waals surface area contributed by atoms with E-state index in [1.54, 1.807) is 25.1 Å². The molecule has 2 N–H and O–H groups in total. The topological polar surface area (TPSA) is 92.4 Å². The van der Waals surface area contributed by atoms with Crippen molar-refractivity contribution in [2.75, 3.05) is 5.32 Å². The number of aromatic nitrogens is 1. The van der Waals surface area contributed by atoms with Crippen molar-refractivity contribution in [2.45, 2.75) is 46.6 Å². The fourth-order valence-electron chi connectivity index (χ4n) is 3.30. The normalized spacial score (nSPS) is 13.2. The standard InChI is InChI=1S/C25H26N2O4/c1-16-6-8-18(9-7-16)12-13-25(30,15-24(3,4)5)23(29)26-19-10-11-20-21(14-19)17(2)27-31-22(20)28/h6-11,14,30H,15H2,1-5H3,(H,26,29). The van der Waals surface area contributed by atoms with Gasteiger partial charge in [-0.3, -0.25) is 4.79 Å². The van der Waals surface area contributed by atoms with E-state index in [2.05, 4.69) is 22.3 Å². The predicted octanol–water partition coefficient (Wildman–Crippen LogP) is 3.96. The summed E-state index contributed by atoms with van der Waals surface area (Å²) in [5.41, 5.74) is -0.0370. The molecule has 6 nitrogen and oxygen atoms in total. The molecule has 0 spiro atoms. The zero-order valence-corrected chi connectivity index (χ0v) is 18.4. The van der Waals surface area contributed by atoms with Gasteiger partial charge in [-0.05, 0) is 49.6 Å². The first-order valence-corrected chi connectivity index (χ1v) is 10.0. The zero-order chi connectivity index (χ0) is 22.8. The molecule has 0 aliphatic carbocycles. The van der Waals surface area contributed by atoms with Crippen LogP contribution < -0.4 is 10.9 Å². The van der Waals surface area contributed by atoms with Crippen LogP contribution in [0.5, 0.6) is 0 Å². The van der Waals surface area contributed by atoms with E-state index in [-0.39, 0.29) is 11.8 Å². The molecule has 0 radical (unpaired) electrons. The maximum atomic E-state index is 13.1. The number of fused-ring (bicyclic) bond motifs is 1. The largest absolute Gasteiger partial charge is 0.369 e. The second kappa shape index (κ2) is 8.37. The SMILES string of the molecule is Cc1ccc(C#CC(O)(CC(C)(C)C)C(=O)Nc2ccc3c(=O)onc(C)c3c2)cc1. The van der Waals surface area contributed by atoms with Crippen molar-refractivity contribution in [3.05, 3.63) is 69.7 Å². The van der Waals surface area contributed by atoms with Gasteiger partial charge in [-0.25, -0.2) is 4.79 Å². The number of carbonyl (C=O) groups excluding carboxylic acids is 1. The summed E-state index contributed by atoms with van der Waals surface area (Å²) in [6, 6.07) is 12.3. The Morgan fingerprint density at radius 3 is 2.42 bits per heavy atom. The smallest absolute Gasteiger partial charge is 0.366 e. The van der Waals surface area contributed by atoms with E-state index in [1.807, 2.05) is 52.0 Å². The van der Waals surface area contributed by atoms with E-state index in [0.717, 1.165) is 5.56 Å². The first-order valence-electron chi connectivity index (χ1n) is 10.0. The molecule has 1 aromatic heterocycles. The fourth-order valence-corrected chi connectivity index (χ4v) is 3.30. The molecule has 1 heterocycles. The van der Waals surface area contributed by atoms with Gasteiger partial charge in [0.25, 0.3) is 5.91 Å². The molecular weight excluding hydrogens is 392 g/mol. The summed E-state index contributed by atoms with van der Waals surface area (Å²) in [5.74, 6) is 5.08. The van der Waals surface area contributed by atoms with E-state index in [9.17, 15) is 14.7 Å². The number of hydrogen-bond donors (Lipinski definition) is 2. The third-order valence-electron chi connectivity index (χ3n) is 4.78. The third kappa shape index (κ3) is 5.39. The summed E-state index contributed by atoms with van der Waals surface area (Å²) in [5, 5.41) is 18.6. The van der Waals surface area contributed by atoms with Crippen LogP contribution in [0.3, 0.4) is 0 Å². The van der Waals surface area contributed by atoms with Gasteiger partial charge in [-0.2, -0.15) is 0 Å². The molecular formula is C25H26N2O4. The Morgan fingerprint density at radius 1 is 1.10 bits per heavy atom. The van der Waals surface area contributed by atoms with E-state index in [1.165, 1.54) is 0 Å². The highest BCUT2D eigenvalue weighted by atomic mass is 16.5. The van der Waals surface area contributed by atoms with Gasteiger partial charge in [0.15, 0.2) is 0 Å². The lowest BCUT2D eigenvalue weighted by atomic mass is 9.81. The van der Waals surface area contributed by atoms with Crippen molar-refractivity contribution in [1.82, 2.24) is 5.16 Å². The minimum absolute atomic E-state index is 0.141. The summed E-state index contributed by atoms with van der Waals surface area (Å²) in [6.45, 7) is 9.49. The lowest BCUT2D eigenvalue weighted by Crippen LogP contribution is -2.44. The molecule has 0 saturated carbocycles. The maximum absolute atomic E-state index is 13.1. The Labute approximate surface area is 181 Å². The molecule has 3 aromatic rings. The number of aryl methyl sites for hydroxylation is 2. The lowest BCUT2D eigenvalue weighted by molar-refractivity contribution is -0.131. The quantitative estimate of drug-likeness (QED) is 0.628. The minimum Gasteiger partial charge on any atom is -0.369 e. The number of amides is 1. The van der Waals surface area contributed by atoms with Gasteiger partial charge >= 0.3 is 5.63 Å². The Bertz CT molecular complexity index is 1240. The van der Waals surface area contributed by atoms with Gasteiger partial charge in [-0.15, -0.1) is 0 Å². The molecule has 0 saturated heterocycles. The third-order valence-corrected chi connectivity index (χ3v) is 4.78. The highest BCUT2D eigenvalue weighted by Crippen LogP contribution is 2.29.